The summed E-state index contributed by atoms with van der Waals surface area (Å²) in [5.41, 5.74) is 0.161. The molecule has 0 radical (unpaired) electrons. The number of phenolic OH excluding ortho intramolecular Hbond substituents is 1. The Kier molecular flexibility index (Phi) is 5.17. The molecule has 1 atom stereocenters. The monoisotopic (exact) mass is 401 g/mol. The number of H-pyrrole nitrogens is 1. The Bertz CT molecular complexity index is 1330. The van der Waals surface area contributed by atoms with E-state index >= 15 is 0 Å². The van der Waals surface area contributed by atoms with Crippen LogP contribution in [-0.2, 0) is 11.3 Å². The van der Waals surface area contributed by atoms with E-state index < -0.39 is 23.2 Å². The highest BCUT2D eigenvalue weighted by molar-refractivity contribution is 5.89. The van der Waals surface area contributed by atoms with Crippen molar-refractivity contribution in [3.63, 3.8) is 0 Å². The van der Waals surface area contributed by atoms with Crippen LogP contribution in [0.4, 0.5) is 0 Å². The molecule has 0 aliphatic rings. The van der Waals surface area contributed by atoms with Gasteiger partial charge in [-0.25, -0.2) is 4.79 Å². The number of hydrogen-bond donors (Lipinski definition) is 3. The van der Waals surface area contributed by atoms with Gasteiger partial charge in [0.05, 0.1) is 6.04 Å². The minimum Gasteiger partial charge on any atom is -0.508 e. The first kappa shape index (κ1) is 19.2. The quantitative estimate of drug-likeness (QED) is 0.477. The zero-order chi connectivity index (χ0) is 21.1. The normalized spacial score (nSPS) is 11.9. The zero-order valence-electron chi connectivity index (χ0n) is 15.9. The molecule has 4 rings (SSSR count). The van der Waals surface area contributed by atoms with Crippen LogP contribution in [0.15, 0.2) is 88.6 Å². The van der Waals surface area contributed by atoms with Crippen LogP contribution in [-0.4, -0.2) is 20.6 Å². The lowest BCUT2D eigenvalue weighted by atomic mass is 9.92. The first-order valence-electron chi connectivity index (χ1n) is 9.37. The number of aromatic hydroxyl groups is 1. The van der Waals surface area contributed by atoms with E-state index in [9.17, 15) is 19.5 Å². The van der Waals surface area contributed by atoms with Crippen LogP contribution in [0.2, 0.25) is 0 Å². The van der Waals surface area contributed by atoms with E-state index in [1.54, 1.807) is 6.07 Å². The molecule has 0 saturated carbocycles. The summed E-state index contributed by atoms with van der Waals surface area (Å²) in [6.07, 6.45) is 1.27. The average Bonchev–Trinajstić information content (AvgIpc) is 2.75. The van der Waals surface area contributed by atoms with E-state index in [-0.39, 0.29) is 12.3 Å². The van der Waals surface area contributed by atoms with E-state index in [0.717, 1.165) is 20.9 Å². The summed E-state index contributed by atoms with van der Waals surface area (Å²) < 4.78 is 1.11. The number of benzene rings is 3. The third kappa shape index (κ3) is 3.86. The number of nitrogens with zero attached hydrogens (tertiary/aromatic N) is 1. The van der Waals surface area contributed by atoms with Gasteiger partial charge in [-0.1, -0.05) is 60.7 Å². The number of phenols is 1. The van der Waals surface area contributed by atoms with Crippen LogP contribution in [0.25, 0.3) is 10.8 Å². The summed E-state index contributed by atoms with van der Waals surface area (Å²) in [6.45, 7) is -0.273. The summed E-state index contributed by atoms with van der Waals surface area (Å²) >= 11 is 0. The molecule has 3 N–H and O–H groups in total. The SMILES string of the molecule is O=C(Cn1ccc(=O)[nH]c1=O)N[C@H](c1ccccc1)c1c(O)ccc2ccccc12. The number of fused-ring (bicyclic) bond motifs is 1. The van der Waals surface area contributed by atoms with Crippen LogP contribution in [0.3, 0.4) is 0 Å². The van der Waals surface area contributed by atoms with Crippen molar-refractivity contribution in [3.8, 4) is 5.75 Å². The molecule has 1 amide bonds. The molecule has 7 heteroatoms. The maximum absolute atomic E-state index is 12.8. The number of amides is 1. The minimum atomic E-state index is -0.665. The highest BCUT2D eigenvalue weighted by Crippen LogP contribution is 2.35. The third-order valence-corrected chi connectivity index (χ3v) is 4.89. The van der Waals surface area contributed by atoms with Gasteiger partial charge in [-0.05, 0) is 22.4 Å². The van der Waals surface area contributed by atoms with Gasteiger partial charge >= 0.3 is 5.69 Å². The second-order valence-corrected chi connectivity index (χ2v) is 6.87. The van der Waals surface area contributed by atoms with Gasteiger partial charge in [-0.2, -0.15) is 0 Å². The molecule has 0 spiro atoms. The van der Waals surface area contributed by atoms with Gasteiger partial charge in [0, 0.05) is 17.8 Å². The zero-order valence-corrected chi connectivity index (χ0v) is 15.9. The molecule has 1 aromatic heterocycles. The van der Waals surface area contributed by atoms with Crippen molar-refractivity contribution < 1.29 is 9.90 Å². The first-order chi connectivity index (χ1) is 14.5. The van der Waals surface area contributed by atoms with Crippen molar-refractivity contribution in [1.82, 2.24) is 14.9 Å². The fourth-order valence-corrected chi connectivity index (χ4v) is 3.49. The molecule has 0 bridgehead atoms. The molecule has 150 valence electrons. The largest absolute Gasteiger partial charge is 0.508 e. The number of aromatic amines is 1. The highest BCUT2D eigenvalue weighted by atomic mass is 16.3. The third-order valence-electron chi connectivity index (χ3n) is 4.89. The Hall–Kier alpha value is -4.13. The molecule has 3 aromatic carbocycles. The summed E-state index contributed by atoms with van der Waals surface area (Å²) in [6, 6.07) is 20.8. The van der Waals surface area contributed by atoms with Gasteiger partial charge in [-0.15, -0.1) is 0 Å². The highest BCUT2D eigenvalue weighted by Gasteiger charge is 2.22. The Morgan fingerprint density at radius 1 is 0.967 bits per heavy atom. The van der Waals surface area contributed by atoms with E-state index in [2.05, 4.69) is 10.3 Å². The summed E-state index contributed by atoms with van der Waals surface area (Å²) in [7, 11) is 0. The Labute approximate surface area is 171 Å². The number of carbonyl (C=O) groups excluding carboxylic acids is 1. The van der Waals surface area contributed by atoms with E-state index in [4.69, 9.17) is 0 Å². The molecule has 30 heavy (non-hydrogen) atoms. The second kappa shape index (κ2) is 8.08. The molecule has 0 saturated heterocycles. The van der Waals surface area contributed by atoms with Crippen LogP contribution in [0.5, 0.6) is 5.75 Å². The Balaban J connectivity index is 1.75. The number of nitrogens with one attached hydrogen (secondary N) is 2. The van der Waals surface area contributed by atoms with Gasteiger partial charge < -0.3 is 10.4 Å². The van der Waals surface area contributed by atoms with Crippen molar-refractivity contribution in [2.24, 2.45) is 0 Å². The molecule has 7 nitrogen and oxygen atoms in total. The Morgan fingerprint density at radius 2 is 1.70 bits per heavy atom. The number of aromatic nitrogens is 2. The van der Waals surface area contributed by atoms with Crippen LogP contribution in [0.1, 0.15) is 17.2 Å². The maximum Gasteiger partial charge on any atom is 0.328 e. The maximum atomic E-state index is 12.8. The van der Waals surface area contributed by atoms with Crippen molar-refractivity contribution >= 4 is 16.7 Å². The van der Waals surface area contributed by atoms with Crippen molar-refractivity contribution in [1.29, 1.82) is 0 Å². The minimum absolute atomic E-state index is 0.0593. The molecule has 4 aromatic rings. The molecule has 0 aliphatic heterocycles. The molecule has 0 unspecified atom stereocenters. The van der Waals surface area contributed by atoms with E-state index in [0.29, 0.717) is 5.56 Å². The first-order valence-corrected chi connectivity index (χ1v) is 9.37. The van der Waals surface area contributed by atoms with Gasteiger partial charge in [0.1, 0.15) is 12.3 Å². The molecule has 0 fully saturated rings. The van der Waals surface area contributed by atoms with Crippen molar-refractivity contribution in [2.75, 3.05) is 0 Å². The summed E-state index contributed by atoms with van der Waals surface area (Å²) in [4.78, 5) is 38.1. The van der Waals surface area contributed by atoms with Crippen molar-refractivity contribution in [3.05, 3.63) is 111 Å². The Morgan fingerprint density at radius 3 is 2.47 bits per heavy atom. The van der Waals surface area contributed by atoms with Gasteiger partial charge in [0.25, 0.3) is 5.56 Å². The fraction of sp³-hybridized carbons (Fsp3) is 0.0870. The van der Waals surface area contributed by atoms with Gasteiger partial charge in [0.15, 0.2) is 0 Å². The van der Waals surface area contributed by atoms with Crippen LogP contribution >= 0.6 is 0 Å². The molecule has 1 heterocycles. The van der Waals surface area contributed by atoms with E-state index in [1.807, 2.05) is 60.7 Å². The molecule has 0 aliphatic carbocycles. The van der Waals surface area contributed by atoms with Crippen molar-refractivity contribution in [2.45, 2.75) is 12.6 Å². The van der Waals surface area contributed by atoms with E-state index in [1.165, 1.54) is 12.3 Å². The predicted molar refractivity (Wildman–Crippen MR) is 113 cm³/mol. The lowest BCUT2D eigenvalue weighted by Crippen LogP contribution is -2.37. The summed E-state index contributed by atoms with van der Waals surface area (Å²) in [5, 5.41) is 15.3. The lowest BCUT2D eigenvalue weighted by molar-refractivity contribution is -0.122. The number of rotatable bonds is 5. The topological polar surface area (TPSA) is 104 Å². The van der Waals surface area contributed by atoms with Crippen LogP contribution < -0.4 is 16.6 Å². The standard InChI is InChI=1S/C23H19N3O4/c27-18-11-10-15-6-4-5-9-17(15)21(18)22(16-7-2-1-3-8-16)24-20(29)14-26-13-12-19(28)25-23(26)30/h1-13,22,27H,14H2,(H,24,29)(H,25,28,30)/t22-/m1/s1. The van der Waals surface area contributed by atoms with Gasteiger partial charge in [0.2, 0.25) is 5.91 Å². The smallest absolute Gasteiger partial charge is 0.328 e. The summed E-state index contributed by atoms with van der Waals surface area (Å²) in [5.74, 6) is -0.380. The number of carbonyl (C=O) groups is 1. The van der Waals surface area contributed by atoms with Crippen LogP contribution in [0, 0.1) is 0 Å². The molecular formula is C23H19N3O4. The number of hydrogen-bond acceptors (Lipinski definition) is 4. The predicted octanol–water partition coefficient (Wildman–Crippen LogP) is 2.30. The average molecular weight is 401 g/mol. The lowest BCUT2D eigenvalue weighted by Gasteiger charge is -2.23. The fourth-order valence-electron chi connectivity index (χ4n) is 3.49. The molecular weight excluding hydrogens is 382 g/mol. The second-order valence-electron chi connectivity index (χ2n) is 6.87. The van der Waals surface area contributed by atoms with Gasteiger partial charge in [-0.3, -0.25) is 19.1 Å².